The molecule has 1 saturated heterocycles. The van der Waals surface area contributed by atoms with Gasteiger partial charge >= 0.3 is 0 Å². The fraction of sp³-hybridized carbons (Fsp3) is 0.609. The van der Waals surface area contributed by atoms with Crippen molar-refractivity contribution >= 4 is 41.5 Å². The molecule has 1 atom stereocenters. The molecule has 1 saturated carbocycles. The molecule has 4 rings (SSSR count). The first kappa shape index (κ1) is 23.8. The Morgan fingerprint density at radius 2 is 2.10 bits per heavy atom. The number of halogens is 1. The van der Waals surface area contributed by atoms with Gasteiger partial charge in [-0.1, -0.05) is 18.9 Å². The summed E-state index contributed by atoms with van der Waals surface area (Å²) in [5.41, 5.74) is 3.25. The summed E-state index contributed by atoms with van der Waals surface area (Å²) in [4.78, 5) is 24.2. The standard InChI is InChI=1S/C23H34N6O.HI/c1-3-24-23(25-12-10-19-15-28-13-6-7-17(2)21(28)26-19)27-20-11-14-29(16-20)22(30)18-8-4-5-9-18;/h6-7,13,15,18,20H,3-5,8-12,14,16H2,1-2H3,(H2,24,25,27);1H. The second kappa shape index (κ2) is 11.2. The monoisotopic (exact) mass is 538 g/mol. The molecule has 170 valence electrons. The maximum Gasteiger partial charge on any atom is 0.225 e. The van der Waals surface area contributed by atoms with Gasteiger partial charge in [0.2, 0.25) is 5.91 Å². The average Bonchev–Trinajstić information content (AvgIpc) is 3.49. The minimum absolute atomic E-state index is 0. The third-order valence-corrected chi connectivity index (χ3v) is 6.26. The second-order valence-electron chi connectivity index (χ2n) is 8.56. The lowest BCUT2D eigenvalue weighted by Gasteiger charge is -2.21. The van der Waals surface area contributed by atoms with Crippen molar-refractivity contribution in [3.8, 4) is 0 Å². The van der Waals surface area contributed by atoms with Crippen LogP contribution in [0, 0.1) is 12.8 Å². The van der Waals surface area contributed by atoms with E-state index < -0.39 is 0 Å². The maximum atomic E-state index is 12.7. The zero-order chi connectivity index (χ0) is 20.9. The Hall–Kier alpha value is -1.84. The lowest BCUT2D eigenvalue weighted by Crippen LogP contribution is -2.45. The van der Waals surface area contributed by atoms with Crippen LogP contribution in [-0.4, -0.2) is 58.4 Å². The number of imidazole rings is 1. The molecule has 3 heterocycles. The lowest BCUT2D eigenvalue weighted by atomic mass is 10.1. The normalized spacial score (nSPS) is 19.6. The van der Waals surface area contributed by atoms with Crippen molar-refractivity contribution in [3.63, 3.8) is 0 Å². The number of rotatable bonds is 6. The van der Waals surface area contributed by atoms with Crippen LogP contribution in [0.25, 0.3) is 5.65 Å². The van der Waals surface area contributed by atoms with Crippen LogP contribution in [0.2, 0.25) is 0 Å². The molecule has 2 fully saturated rings. The molecule has 1 unspecified atom stereocenters. The van der Waals surface area contributed by atoms with Crippen LogP contribution in [0.15, 0.2) is 29.5 Å². The highest BCUT2D eigenvalue weighted by atomic mass is 127. The summed E-state index contributed by atoms with van der Waals surface area (Å²) >= 11 is 0. The molecule has 31 heavy (non-hydrogen) atoms. The smallest absolute Gasteiger partial charge is 0.225 e. The molecule has 0 bridgehead atoms. The zero-order valence-corrected chi connectivity index (χ0v) is 21.0. The van der Waals surface area contributed by atoms with Crippen molar-refractivity contribution in [1.29, 1.82) is 0 Å². The second-order valence-corrected chi connectivity index (χ2v) is 8.56. The first-order valence-corrected chi connectivity index (χ1v) is 11.4. The Morgan fingerprint density at radius 3 is 2.84 bits per heavy atom. The van der Waals surface area contributed by atoms with E-state index in [2.05, 4.69) is 46.0 Å². The summed E-state index contributed by atoms with van der Waals surface area (Å²) in [6.45, 7) is 7.29. The Labute approximate surface area is 202 Å². The van der Waals surface area contributed by atoms with Gasteiger partial charge in [-0.3, -0.25) is 9.79 Å². The van der Waals surface area contributed by atoms with Crippen molar-refractivity contribution < 1.29 is 4.79 Å². The average molecular weight is 538 g/mol. The maximum absolute atomic E-state index is 12.7. The largest absolute Gasteiger partial charge is 0.357 e. The molecular formula is C23H35IN6O. The van der Waals surface area contributed by atoms with E-state index in [9.17, 15) is 4.79 Å². The van der Waals surface area contributed by atoms with Gasteiger partial charge in [0.15, 0.2) is 5.96 Å². The number of aryl methyl sites for hydroxylation is 1. The van der Waals surface area contributed by atoms with Crippen molar-refractivity contribution in [3.05, 3.63) is 35.8 Å². The van der Waals surface area contributed by atoms with Gasteiger partial charge in [-0.15, -0.1) is 24.0 Å². The fourth-order valence-electron chi connectivity index (χ4n) is 4.63. The molecule has 0 aromatic carbocycles. The Bertz CT molecular complexity index is 905. The van der Waals surface area contributed by atoms with Gasteiger partial charge in [-0.2, -0.15) is 0 Å². The molecule has 1 amide bonds. The highest BCUT2D eigenvalue weighted by Gasteiger charge is 2.32. The number of nitrogens with one attached hydrogen (secondary N) is 2. The SMILES string of the molecule is CCNC(=NCCc1cn2cccc(C)c2n1)NC1CCN(C(=O)C2CCCC2)C1.I. The molecule has 0 radical (unpaired) electrons. The van der Waals surface area contributed by atoms with Crippen LogP contribution >= 0.6 is 24.0 Å². The van der Waals surface area contributed by atoms with E-state index >= 15 is 0 Å². The van der Waals surface area contributed by atoms with Gasteiger partial charge in [0.25, 0.3) is 0 Å². The van der Waals surface area contributed by atoms with E-state index in [1.807, 2.05) is 12.3 Å². The van der Waals surface area contributed by atoms with Crippen LogP contribution in [0.3, 0.4) is 0 Å². The van der Waals surface area contributed by atoms with Crippen molar-refractivity contribution in [2.45, 2.75) is 58.4 Å². The molecule has 7 nitrogen and oxygen atoms in total. The number of carbonyl (C=O) groups is 1. The number of nitrogens with zero attached hydrogens (tertiary/aromatic N) is 4. The highest BCUT2D eigenvalue weighted by molar-refractivity contribution is 14.0. The molecule has 0 spiro atoms. The van der Waals surface area contributed by atoms with E-state index in [1.54, 1.807) is 0 Å². The summed E-state index contributed by atoms with van der Waals surface area (Å²) < 4.78 is 2.08. The fourth-order valence-corrected chi connectivity index (χ4v) is 4.63. The number of hydrogen-bond acceptors (Lipinski definition) is 3. The summed E-state index contributed by atoms with van der Waals surface area (Å²) in [6.07, 6.45) is 10.4. The zero-order valence-electron chi connectivity index (χ0n) is 18.6. The molecule has 2 aromatic heterocycles. The number of likely N-dealkylation sites (tertiary alicyclic amines) is 1. The summed E-state index contributed by atoms with van der Waals surface area (Å²) in [6, 6.07) is 4.40. The van der Waals surface area contributed by atoms with E-state index in [0.717, 1.165) is 62.6 Å². The number of fused-ring (bicyclic) bond motifs is 1. The van der Waals surface area contributed by atoms with Gasteiger partial charge in [-0.25, -0.2) is 4.98 Å². The van der Waals surface area contributed by atoms with E-state index in [0.29, 0.717) is 12.5 Å². The van der Waals surface area contributed by atoms with Gasteiger partial charge in [-0.05, 0) is 44.7 Å². The van der Waals surface area contributed by atoms with Crippen molar-refractivity contribution in [2.24, 2.45) is 10.9 Å². The van der Waals surface area contributed by atoms with Crippen molar-refractivity contribution in [2.75, 3.05) is 26.2 Å². The minimum atomic E-state index is 0. The number of hydrogen-bond donors (Lipinski definition) is 2. The topological polar surface area (TPSA) is 74.0 Å². The van der Waals surface area contributed by atoms with Crippen LogP contribution in [0.4, 0.5) is 0 Å². The summed E-state index contributed by atoms with van der Waals surface area (Å²) in [7, 11) is 0. The molecule has 2 aliphatic rings. The van der Waals surface area contributed by atoms with Crippen LogP contribution < -0.4 is 10.6 Å². The van der Waals surface area contributed by atoms with Gasteiger partial charge in [0.05, 0.1) is 5.69 Å². The van der Waals surface area contributed by atoms with Gasteiger partial charge < -0.3 is 19.9 Å². The lowest BCUT2D eigenvalue weighted by molar-refractivity contribution is -0.134. The quantitative estimate of drug-likeness (QED) is 0.337. The highest BCUT2D eigenvalue weighted by Crippen LogP contribution is 2.27. The number of aliphatic imine (C=N–C) groups is 1. The van der Waals surface area contributed by atoms with E-state index in [4.69, 9.17) is 9.98 Å². The van der Waals surface area contributed by atoms with E-state index in [1.165, 1.54) is 18.4 Å². The molecule has 1 aliphatic carbocycles. The number of amides is 1. The van der Waals surface area contributed by atoms with Crippen LogP contribution in [0.1, 0.15) is 50.3 Å². The van der Waals surface area contributed by atoms with Gasteiger partial charge in [0, 0.05) is 57.0 Å². The Morgan fingerprint density at radius 1 is 1.29 bits per heavy atom. The predicted molar refractivity (Wildman–Crippen MR) is 135 cm³/mol. The summed E-state index contributed by atoms with van der Waals surface area (Å²) in [5.74, 6) is 1.46. The molecule has 8 heteroatoms. The van der Waals surface area contributed by atoms with Crippen LogP contribution in [0.5, 0.6) is 0 Å². The van der Waals surface area contributed by atoms with Crippen molar-refractivity contribution in [1.82, 2.24) is 24.9 Å². The minimum Gasteiger partial charge on any atom is -0.357 e. The van der Waals surface area contributed by atoms with Crippen LogP contribution in [-0.2, 0) is 11.2 Å². The Kier molecular flexibility index (Phi) is 8.57. The first-order valence-electron chi connectivity index (χ1n) is 11.4. The first-order chi connectivity index (χ1) is 14.6. The summed E-state index contributed by atoms with van der Waals surface area (Å²) in [5, 5.41) is 6.87. The number of aromatic nitrogens is 2. The predicted octanol–water partition coefficient (Wildman–Crippen LogP) is 3.15. The molecular weight excluding hydrogens is 503 g/mol. The molecule has 2 N–H and O–H groups in total. The molecule has 1 aliphatic heterocycles. The molecule has 2 aromatic rings. The van der Waals surface area contributed by atoms with Gasteiger partial charge in [0.1, 0.15) is 5.65 Å². The third kappa shape index (κ3) is 5.90. The number of carbonyl (C=O) groups excluding carboxylic acids is 1. The Balaban J connectivity index is 0.00000272. The third-order valence-electron chi connectivity index (χ3n) is 6.26. The van der Waals surface area contributed by atoms with E-state index in [-0.39, 0.29) is 35.9 Å². The number of guanidine groups is 1. The number of pyridine rings is 1.